The zero-order valence-corrected chi connectivity index (χ0v) is 14.1. The van der Waals surface area contributed by atoms with Crippen molar-refractivity contribution in [2.75, 3.05) is 38.2 Å². The predicted molar refractivity (Wildman–Crippen MR) is 85.4 cm³/mol. The van der Waals surface area contributed by atoms with Crippen LogP contribution >= 0.6 is 11.6 Å². The first-order valence-electron chi connectivity index (χ1n) is 7.94. The molecule has 1 aromatic rings. The summed E-state index contributed by atoms with van der Waals surface area (Å²) in [5.41, 5.74) is -0.903. The van der Waals surface area contributed by atoms with Gasteiger partial charge < -0.3 is 14.8 Å². The van der Waals surface area contributed by atoms with Crippen molar-refractivity contribution in [3.8, 4) is 0 Å². The van der Waals surface area contributed by atoms with Crippen LogP contribution in [0.4, 0.5) is 18.9 Å². The third-order valence-corrected chi connectivity index (χ3v) is 4.68. The van der Waals surface area contributed by atoms with Crippen molar-refractivity contribution in [1.82, 2.24) is 4.90 Å². The summed E-state index contributed by atoms with van der Waals surface area (Å²) in [5, 5.41) is 2.09. The Kier molecular flexibility index (Phi) is 5.24. The zero-order valence-electron chi connectivity index (χ0n) is 13.4. The van der Waals surface area contributed by atoms with Crippen LogP contribution in [0.5, 0.6) is 0 Å². The van der Waals surface area contributed by atoms with Gasteiger partial charge >= 0.3 is 6.18 Å². The highest BCUT2D eigenvalue weighted by atomic mass is 35.5. The van der Waals surface area contributed by atoms with E-state index in [1.54, 1.807) is 0 Å². The topological polar surface area (TPSA) is 50.8 Å². The maximum absolute atomic E-state index is 12.9. The lowest BCUT2D eigenvalue weighted by atomic mass is 10.0. The molecule has 138 valence electrons. The molecule has 2 aliphatic heterocycles. The van der Waals surface area contributed by atoms with Crippen LogP contribution in [0.15, 0.2) is 18.2 Å². The van der Waals surface area contributed by atoms with Gasteiger partial charge in [0, 0.05) is 31.6 Å². The smallest absolute Gasteiger partial charge is 0.347 e. The van der Waals surface area contributed by atoms with Crippen molar-refractivity contribution >= 4 is 23.2 Å². The van der Waals surface area contributed by atoms with Gasteiger partial charge in [-0.1, -0.05) is 11.6 Å². The number of piperidine rings is 1. The monoisotopic (exact) mass is 378 g/mol. The minimum Gasteiger partial charge on any atom is -0.347 e. The van der Waals surface area contributed by atoms with Crippen LogP contribution in [0.25, 0.3) is 0 Å². The number of nitrogens with one attached hydrogen (secondary N) is 1. The predicted octanol–water partition coefficient (Wildman–Crippen LogP) is 3.14. The highest BCUT2D eigenvalue weighted by Crippen LogP contribution is 2.36. The van der Waals surface area contributed by atoms with Crippen LogP contribution in [-0.2, 0) is 20.4 Å². The summed E-state index contributed by atoms with van der Waals surface area (Å²) in [6.07, 6.45) is -3.24. The molecule has 0 atom stereocenters. The number of halogens is 4. The summed E-state index contributed by atoms with van der Waals surface area (Å²) in [5.74, 6) is -0.898. The molecule has 1 aromatic carbocycles. The summed E-state index contributed by atoms with van der Waals surface area (Å²) in [4.78, 5) is 14.0. The van der Waals surface area contributed by atoms with Gasteiger partial charge in [-0.15, -0.1) is 0 Å². The maximum Gasteiger partial charge on any atom is 0.417 e. The summed E-state index contributed by atoms with van der Waals surface area (Å²) < 4.78 is 49.8. The van der Waals surface area contributed by atoms with Gasteiger partial charge in [0.25, 0.3) is 0 Å². The number of nitrogens with zero attached hydrogens (tertiary/aromatic N) is 1. The molecule has 0 aromatic heterocycles. The fourth-order valence-electron chi connectivity index (χ4n) is 3.06. The third kappa shape index (κ3) is 4.44. The number of hydrogen-bond donors (Lipinski definition) is 1. The molecule has 0 aliphatic carbocycles. The number of anilines is 1. The number of carbonyl (C=O) groups is 1. The molecular formula is C16H18ClF3N2O3. The number of amides is 1. The van der Waals surface area contributed by atoms with Crippen molar-refractivity contribution in [2.45, 2.75) is 24.8 Å². The Morgan fingerprint density at radius 3 is 2.48 bits per heavy atom. The molecule has 0 unspecified atom stereocenters. The lowest BCUT2D eigenvalue weighted by molar-refractivity contribution is -0.185. The molecule has 2 saturated heterocycles. The van der Waals surface area contributed by atoms with Gasteiger partial charge in [0.2, 0.25) is 5.91 Å². The molecule has 1 N–H and O–H groups in total. The number of likely N-dealkylation sites (tertiary alicyclic amines) is 1. The van der Waals surface area contributed by atoms with E-state index in [0.29, 0.717) is 39.1 Å². The van der Waals surface area contributed by atoms with Crippen LogP contribution in [0.3, 0.4) is 0 Å². The molecule has 2 heterocycles. The lowest BCUT2D eigenvalue weighted by Gasteiger charge is -2.37. The highest BCUT2D eigenvalue weighted by Gasteiger charge is 2.40. The fraction of sp³-hybridized carbons (Fsp3) is 0.562. The largest absolute Gasteiger partial charge is 0.417 e. The summed E-state index contributed by atoms with van der Waals surface area (Å²) >= 11 is 5.57. The van der Waals surface area contributed by atoms with E-state index in [1.165, 1.54) is 6.07 Å². The Morgan fingerprint density at radius 2 is 1.88 bits per heavy atom. The van der Waals surface area contributed by atoms with E-state index < -0.39 is 22.5 Å². The number of ether oxygens (including phenoxy) is 2. The summed E-state index contributed by atoms with van der Waals surface area (Å²) in [6, 6.07) is 3.31. The van der Waals surface area contributed by atoms with Crippen LogP contribution in [0.2, 0.25) is 5.02 Å². The molecule has 9 heteroatoms. The SMILES string of the molecule is O=C(CN1CCC2(CC1)OCCO2)Nc1ccc(Cl)c(C(F)(F)F)c1. The molecule has 0 radical (unpaired) electrons. The molecule has 3 rings (SSSR count). The molecule has 0 bridgehead atoms. The van der Waals surface area contributed by atoms with Gasteiger partial charge in [0.05, 0.1) is 30.3 Å². The number of carbonyl (C=O) groups excluding carboxylic acids is 1. The summed E-state index contributed by atoms with van der Waals surface area (Å²) in [6.45, 7) is 2.51. The minimum atomic E-state index is -4.57. The molecular weight excluding hydrogens is 361 g/mol. The van der Waals surface area contributed by atoms with Gasteiger partial charge in [-0.05, 0) is 18.2 Å². The van der Waals surface area contributed by atoms with Crippen LogP contribution < -0.4 is 5.32 Å². The Hall–Kier alpha value is -1.35. The second-order valence-corrected chi connectivity index (χ2v) is 6.53. The van der Waals surface area contributed by atoms with E-state index in [0.717, 1.165) is 12.1 Å². The number of hydrogen-bond acceptors (Lipinski definition) is 4. The van der Waals surface area contributed by atoms with E-state index in [-0.39, 0.29) is 18.1 Å². The van der Waals surface area contributed by atoms with E-state index in [9.17, 15) is 18.0 Å². The van der Waals surface area contributed by atoms with Gasteiger partial charge in [-0.2, -0.15) is 13.2 Å². The van der Waals surface area contributed by atoms with Crippen molar-refractivity contribution in [3.05, 3.63) is 28.8 Å². The van der Waals surface area contributed by atoms with E-state index in [4.69, 9.17) is 21.1 Å². The maximum atomic E-state index is 12.9. The van der Waals surface area contributed by atoms with Crippen LogP contribution in [0, 0.1) is 0 Å². The number of alkyl halides is 3. The Balaban J connectivity index is 1.55. The standard InChI is InChI=1S/C16H18ClF3N2O3/c17-13-2-1-11(9-12(13)16(18,19)20)21-14(23)10-22-5-3-15(4-6-22)24-7-8-25-15/h1-2,9H,3-8,10H2,(H,21,23). The average molecular weight is 379 g/mol. The molecule has 0 saturated carbocycles. The van der Waals surface area contributed by atoms with Crippen LogP contribution in [-0.4, -0.2) is 49.4 Å². The molecule has 2 aliphatic rings. The molecule has 25 heavy (non-hydrogen) atoms. The van der Waals surface area contributed by atoms with E-state index >= 15 is 0 Å². The molecule has 2 fully saturated rings. The zero-order chi connectivity index (χ0) is 18.1. The Morgan fingerprint density at radius 1 is 1.24 bits per heavy atom. The first kappa shape index (κ1) is 18.4. The van der Waals surface area contributed by atoms with Gasteiger partial charge in [-0.3, -0.25) is 9.69 Å². The third-order valence-electron chi connectivity index (χ3n) is 4.35. The normalized spacial score (nSPS) is 20.8. The van der Waals surface area contributed by atoms with Gasteiger partial charge in [0.15, 0.2) is 5.79 Å². The van der Waals surface area contributed by atoms with E-state index in [1.807, 2.05) is 4.90 Å². The first-order chi connectivity index (χ1) is 11.8. The van der Waals surface area contributed by atoms with Crippen molar-refractivity contribution in [3.63, 3.8) is 0 Å². The van der Waals surface area contributed by atoms with Gasteiger partial charge in [0.1, 0.15) is 0 Å². The summed E-state index contributed by atoms with van der Waals surface area (Å²) in [7, 11) is 0. The second-order valence-electron chi connectivity index (χ2n) is 6.12. The molecule has 5 nitrogen and oxygen atoms in total. The minimum absolute atomic E-state index is 0.0673. The highest BCUT2D eigenvalue weighted by molar-refractivity contribution is 6.31. The quantitative estimate of drug-likeness (QED) is 0.878. The average Bonchev–Trinajstić information content (AvgIpc) is 2.99. The Bertz CT molecular complexity index is 638. The Labute approximate surface area is 148 Å². The van der Waals surface area contributed by atoms with E-state index in [2.05, 4.69) is 5.32 Å². The second kappa shape index (κ2) is 7.11. The van der Waals surface area contributed by atoms with Crippen molar-refractivity contribution < 1.29 is 27.4 Å². The molecule has 1 amide bonds. The lowest BCUT2D eigenvalue weighted by Crippen LogP contribution is -2.47. The first-order valence-corrected chi connectivity index (χ1v) is 8.32. The van der Waals surface area contributed by atoms with Crippen LogP contribution in [0.1, 0.15) is 18.4 Å². The number of rotatable bonds is 3. The number of benzene rings is 1. The molecule has 1 spiro atoms. The van der Waals surface area contributed by atoms with Crippen molar-refractivity contribution in [1.29, 1.82) is 0 Å². The van der Waals surface area contributed by atoms with Gasteiger partial charge in [-0.25, -0.2) is 0 Å². The van der Waals surface area contributed by atoms with Crippen molar-refractivity contribution in [2.24, 2.45) is 0 Å². The fourth-order valence-corrected chi connectivity index (χ4v) is 3.29.